The predicted molar refractivity (Wildman–Crippen MR) is 104 cm³/mol. The predicted octanol–water partition coefficient (Wildman–Crippen LogP) is 3.41. The molecule has 1 aliphatic heterocycles. The molecule has 6 nitrogen and oxygen atoms in total. The van der Waals surface area contributed by atoms with Crippen LogP contribution in [-0.4, -0.2) is 26.8 Å². The lowest BCUT2D eigenvalue weighted by Gasteiger charge is -2.23. The Labute approximate surface area is 161 Å². The van der Waals surface area contributed by atoms with Crippen molar-refractivity contribution in [3.05, 3.63) is 95.3 Å². The molecule has 4 rings (SSSR count). The van der Waals surface area contributed by atoms with Gasteiger partial charge in [0.2, 0.25) is 5.95 Å². The number of benzene rings is 2. The number of aliphatic hydroxyl groups excluding tert-OH is 1. The number of hydrogen-bond donors (Lipinski definition) is 1. The molecule has 0 unspecified atom stereocenters. The summed E-state index contributed by atoms with van der Waals surface area (Å²) in [7, 11) is 0. The van der Waals surface area contributed by atoms with E-state index in [-0.39, 0.29) is 17.3 Å². The second-order valence-corrected chi connectivity index (χ2v) is 6.49. The number of anilines is 1. The van der Waals surface area contributed by atoms with Crippen LogP contribution in [0, 0.1) is 6.92 Å². The quantitative estimate of drug-likeness (QED) is 0.433. The zero-order chi connectivity index (χ0) is 19.7. The zero-order valence-electron chi connectivity index (χ0n) is 15.1. The van der Waals surface area contributed by atoms with Crippen molar-refractivity contribution in [2.45, 2.75) is 13.0 Å². The summed E-state index contributed by atoms with van der Waals surface area (Å²) in [6, 6.07) is 17.0. The minimum Gasteiger partial charge on any atom is -0.507 e. The number of carbonyl (C=O) groups is 2. The first-order valence-electron chi connectivity index (χ1n) is 8.78. The van der Waals surface area contributed by atoms with Gasteiger partial charge in [-0.25, -0.2) is 9.97 Å². The van der Waals surface area contributed by atoms with E-state index in [4.69, 9.17) is 0 Å². The fraction of sp³-hybridized carbons (Fsp3) is 0.0909. The first-order valence-corrected chi connectivity index (χ1v) is 8.78. The highest BCUT2D eigenvalue weighted by Gasteiger charge is 2.48. The van der Waals surface area contributed by atoms with Crippen LogP contribution in [0.3, 0.4) is 0 Å². The van der Waals surface area contributed by atoms with Crippen molar-refractivity contribution < 1.29 is 14.7 Å². The van der Waals surface area contributed by atoms with Gasteiger partial charge >= 0.3 is 5.91 Å². The van der Waals surface area contributed by atoms with Gasteiger partial charge in [0.1, 0.15) is 5.76 Å². The van der Waals surface area contributed by atoms with Crippen LogP contribution in [0.2, 0.25) is 0 Å². The van der Waals surface area contributed by atoms with E-state index in [2.05, 4.69) is 9.97 Å². The van der Waals surface area contributed by atoms with E-state index in [1.165, 1.54) is 17.3 Å². The molecule has 1 atom stereocenters. The van der Waals surface area contributed by atoms with E-state index in [1.807, 2.05) is 37.3 Å². The van der Waals surface area contributed by atoms with E-state index in [1.54, 1.807) is 30.3 Å². The molecule has 1 saturated heterocycles. The molecule has 2 aromatic carbocycles. The SMILES string of the molecule is Cc1ccc(C(O)=C2C(=O)C(=O)N(c3ncccn3)[C@@H]2c2ccccc2)cc1. The van der Waals surface area contributed by atoms with Crippen LogP contribution >= 0.6 is 0 Å². The number of carbonyl (C=O) groups excluding carboxylic acids is 2. The standard InChI is InChI=1S/C22H17N3O3/c1-14-8-10-16(11-9-14)19(26)17-18(15-6-3-2-4-7-15)25(21(28)20(17)27)22-23-12-5-13-24-22/h2-13,18,26H,1H3/t18-/m1/s1. The first kappa shape index (κ1) is 17.6. The molecule has 1 aromatic heterocycles. The first-order chi connectivity index (χ1) is 13.6. The monoisotopic (exact) mass is 371 g/mol. The molecule has 138 valence electrons. The van der Waals surface area contributed by atoms with Crippen molar-refractivity contribution in [1.29, 1.82) is 0 Å². The van der Waals surface area contributed by atoms with E-state index in [0.29, 0.717) is 11.1 Å². The molecule has 0 bridgehead atoms. The zero-order valence-corrected chi connectivity index (χ0v) is 15.1. The number of aliphatic hydroxyl groups is 1. The van der Waals surface area contributed by atoms with Crippen LogP contribution in [0.25, 0.3) is 5.76 Å². The van der Waals surface area contributed by atoms with Gasteiger partial charge in [0, 0.05) is 18.0 Å². The minimum atomic E-state index is -0.815. The molecule has 1 N–H and O–H groups in total. The van der Waals surface area contributed by atoms with Gasteiger partial charge in [0.05, 0.1) is 11.6 Å². The number of aromatic nitrogens is 2. The van der Waals surface area contributed by atoms with E-state index in [9.17, 15) is 14.7 Å². The van der Waals surface area contributed by atoms with Crippen molar-refractivity contribution >= 4 is 23.4 Å². The Morgan fingerprint density at radius 1 is 0.929 bits per heavy atom. The fourth-order valence-electron chi connectivity index (χ4n) is 3.27. The maximum absolute atomic E-state index is 12.9. The van der Waals surface area contributed by atoms with Gasteiger partial charge in [0.25, 0.3) is 5.78 Å². The van der Waals surface area contributed by atoms with Gasteiger partial charge in [-0.1, -0.05) is 60.2 Å². The molecule has 1 fully saturated rings. The molecule has 0 spiro atoms. The van der Waals surface area contributed by atoms with Gasteiger partial charge < -0.3 is 5.11 Å². The maximum atomic E-state index is 12.9. The summed E-state index contributed by atoms with van der Waals surface area (Å²) in [6.07, 6.45) is 3.01. The van der Waals surface area contributed by atoms with Crippen LogP contribution in [0.1, 0.15) is 22.7 Å². The van der Waals surface area contributed by atoms with Gasteiger partial charge in [-0.15, -0.1) is 0 Å². The van der Waals surface area contributed by atoms with Crippen molar-refractivity contribution in [3.8, 4) is 0 Å². The van der Waals surface area contributed by atoms with E-state index >= 15 is 0 Å². The third-order valence-corrected chi connectivity index (χ3v) is 4.65. The summed E-state index contributed by atoms with van der Waals surface area (Å²) in [4.78, 5) is 35.2. The smallest absolute Gasteiger partial charge is 0.302 e. The summed E-state index contributed by atoms with van der Waals surface area (Å²) in [5, 5.41) is 10.9. The number of nitrogens with zero attached hydrogens (tertiary/aromatic N) is 3. The number of ketones is 1. The van der Waals surface area contributed by atoms with Crippen LogP contribution < -0.4 is 4.90 Å². The molecule has 3 aromatic rings. The molecule has 6 heteroatoms. The largest absolute Gasteiger partial charge is 0.507 e. The number of hydrogen-bond acceptors (Lipinski definition) is 5. The Balaban J connectivity index is 1.94. The normalized spacial score (nSPS) is 18.5. The Bertz CT molecular complexity index is 1060. The highest BCUT2D eigenvalue weighted by Crippen LogP contribution is 2.40. The molecule has 28 heavy (non-hydrogen) atoms. The van der Waals surface area contributed by atoms with Crippen LogP contribution in [-0.2, 0) is 9.59 Å². The lowest BCUT2D eigenvalue weighted by molar-refractivity contribution is -0.132. The number of Topliss-reactive ketones (excluding diaryl/α,β-unsaturated/α-hetero) is 1. The number of rotatable bonds is 3. The summed E-state index contributed by atoms with van der Waals surface area (Å²) in [5.41, 5.74) is 2.20. The second-order valence-electron chi connectivity index (χ2n) is 6.49. The third-order valence-electron chi connectivity index (χ3n) is 4.65. The highest BCUT2D eigenvalue weighted by atomic mass is 16.3. The van der Waals surface area contributed by atoms with Crippen molar-refractivity contribution in [3.63, 3.8) is 0 Å². The van der Waals surface area contributed by atoms with Gasteiger partial charge in [0.15, 0.2) is 0 Å². The van der Waals surface area contributed by atoms with Gasteiger partial charge in [-0.3, -0.25) is 14.5 Å². The molecule has 1 aliphatic rings. The summed E-state index contributed by atoms with van der Waals surface area (Å²) in [6.45, 7) is 1.93. The minimum absolute atomic E-state index is 0.0208. The number of amides is 1. The van der Waals surface area contributed by atoms with E-state index in [0.717, 1.165) is 5.56 Å². The fourth-order valence-corrected chi connectivity index (χ4v) is 3.27. The molecular weight excluding hydrogens is 354 g/mol. The number of aryl methyl sites for hydroxylation is 1. The summed E-state index contributed by atoms with van der Waals surface area (Å²) < 4.78 is 0. The van der Waals surface area contributed by atoms with Crippen molar-refractivity contribution in [1.82, 2.24) is 9.97 Å². The molecular formula is C22H17N3O3. The van der Waals surface area contributed by atoms with Crippen molar-refractivity contribution in [2.75, 3.05) is 4.90 Å². The Kier molecular flexibility index (Phi) is 4.45. The average Bonchev–Trinajstić information content (AvgIpc) is 3.00. The maximum Gasteiger partial charge on any atom is 0.302 e. The molecule has 0 aliphatic carbocycles. The second kappa shape index (κ2) is 7.08. The Morgan fingerprint density at radius 2 is 1.57 bits per heavy atom. The van der Waals surface area contributed by atoms with Crippen LogP contribution in [0.15, 0.2) is 78.6 Å². The highest BCUT2D eigenvalue weighted by molar-refractivity contribution is 6.51. The summed E-state index contributed by atoms with van der Waals surface area (Å²) >= 11 is 0. The Hall–Kier alpha value is -3.80. The Morgan fingerprint density at radius 3 is 2.21 bits per heavy atom. The van der Waals surface area contributed by atoms with E-state index < -0.39 is 17.7 Å². The lowest BCUT2D eigenvalue weighted by Crippen LogP contribution is -2.31. The van der Waals surface area contributed by atoms with Crippen LogP contribution in [0.5, 0.6) is 0 Å². The molecule has 0 radical (unpaired) electrons. The van der Waals surface area contributed by atoms with Crippen LogP contribution in [0.4, 0.5) is 5.95 Å². The van der Waals surface area contributed by atoms with Gasteiger partial charge in [-0.2, -0.15) is 0 Å². The van der Waals surface area contributed by atoms with Gasteiger partial charge in [-0.05, 0) is 18.6 Å². The molecule has 0 saturated carbocycles. The average molecular weight is 371 g/mol. The molecule has 2 heterocycles. The van der Waals surface area contributed by atoms with Crippen molar-refractivity contribution in [2.24, 2.45) is 0 Å². The lowest BCUT2D eigenvalue weighted by atomic mass is 9.95. The summed E-state index contributed by atoms with van der Waals surface area (Å²) in [5.74, 6) is -1.64. The third kappa shape index (κ3) is 2.95. The topological polar surface area (TPSA) is 83.4 Å². The molecule has 1 amide bonds.